The molecule has 16 N–H and O–H groups in total. The Kier molecular flexibility index (Phi) is 17.5. The summed E-state index contributed by atoms with van der Waals surface area (Å²) in [5.41, 5.74) is 27.1. The number of nitrogens with one attached hydrogen (secondary N) is 2. The summed E-state index contributed by atoms with van der Waals surface area (Å²) in [5.74, 6) is -0.321. The number of aliphatic hydroxyl groups is 4. The Morgan fingerprint density at radius 2 is 1.72 bits per heavy atom. The van der Waals surface area contributed by atoms with E-state index < -0.39 is 36.8 Å². The molecule has 12 atom stereocenters. The third-order valence-corrected chi connectivity index (χ3v) is 7.70. The molecule has 16 heteroatoms. The highest BCUT2D eigenvalue weighted by atomic mass is 19.1. The Balaban J connectivity index is 0.000000266. The molecule has 252 valence electrons. The summed E-state index contributed by atoms with van der Waals surface area (Å²) in [7, 11) is 0. The van der Waals surface area contributed by atoms with Crippen molar-refractivity contribution in [2.75, 3.05) is 32.8 Å². The molecule has 2 saturated heterocycles. The molecule has 0 bridgehead atoms. The first-order valence-electron chi connectivity index (χ1n) is 15.1. The number of hydrogen-bond donors (Lipinski definition) is 11. The van der Waals surface area contributed by atoms with Gasteiger partial charge in [0.25, 0.3) is 0 Å². The minimum absolute atomic E-state index is 0.0164. The van der Waals surface area contributed by atoms with Gasteiger partial charge in [0.15, 0.2) is 6.29 Å². The number of hydrogen-bond acceptors (Lipinski definition) is 14. The lowest BCUT2D eigenvalue weighted by atomic mass is 9.87. The normalized spacial score (nSPS) is 38.2. The lowest BCUT2D eigenvalue weighted by Crippen LogP contribution is -2.62. The summed E-state index contributed by atoms with van der Waals surface area (Å²) in [4.78, 5) is 11.8. The monoisotopic (exact) mass is 623 g/mol. The number of carbonyl (C=O) groups excluding carboxylic acids is 1. The van der Waals surface area contributed by atoms with Crippen LogP contribution in [0.5, 0.6) is 0 Å². The van der Waals surface area contributed by atoms with Crippen molar-refractivity contribution in [3.63, 3.8) is 0 Å². The SMILES string of the molecule is NCC(F)CC(=O)NC1CC(N)CC(NC2CCC(CO)O2)C1.NCC1C=CCCO1.NC[C@@H]1O[C@H](O)[C@H](N)C(O)[C@@H]1O. The molecule has 0 radical (unpaired) electrons. The smallest absolute Gasteiger partial charge is 0.223 e. The minimum Gasteiger partial charge on any atom is -0.394 e. The zero-order valence-electron chi connectivity index (χ0n) is 24.8. The summed E-state index contributed by atoms with van der Waals surface area (Å²) in [6.45, 7) is 1.36. The number of amides is 1. The predicted octanol–water partition coefficient (Wildman–Crippen LogP) is -3.87. The van der Waals surface area contributed by atoms with E-state index in [2.05, 4.69) is 16.7 Å². The Bertz CT molecular complexity index is 817. The van der Waals surface area contributed by atoms with Crippen LogP contribution in [0.25, 0.3) is 0 Å². The van der Waals surface area contributed by atoms with E-state index in [0.717, 1.165) is 38.7 Å². The van der Waals surface area contributed by atoms with Gasteiger partial charge in [0, 0.05) is 37.8 Å². The molecular weight excluding hydrogens is 569 g/mol. The number of ether oxygens (including phenoxy) is 3. The highest BCUT2D eigenvalue weighted by molar-refractivity contribution is 5.76. The molecule has 1 amide bonds. The molecule has 0 aromatic heterocycles. The fourth-order valence-electron chi connectivity index (χ4n) is 5.31. The third-order valence-electron chi connectivity index (χ3n) is 7.70. The number of halogens is 1. The molecule has 0 aromatic carbocycles. The van der Waals surface area contributed by atoms with Crippen molar-refractivity contribution in [1.82, 2.24) is 10.6 Å². The average molecular weight is 624 g/mol. The van der Waals surface area contributed by atoms with Crippen LogP contribution in [-0.2, 0) is 19.0 Å². The zero-order chi connectivity index (χ0) is 31.9. The van der Waals surface area contributed by atoms with Crippen molar-refractivity contribution in [2.45, 2.75) is 118 Å². The second-order valence-electron chi connectivity index (χ2n) is 11.4. The van der Waals surface area contributed by atoms with Crippen molar-refractivity contribution in [2.24, 2.45) is 28.7 Å². The van der Waals surface area contributed by atoms with Gasteiger partial charge in [0.05, 0.1) is 37.9 Å². The summed E-state index contributed by atoms with van der Waals surface area (Å²) in [5, 5.41) is 43.0. The molecule has 1 aliphatic carbocycles. The maximum Gasteiger partial charge on any atom is 0.223 e. The summed E-state index contributed by atoms with van der Waals surface area (Å²) >= 11 is 0. The Morgan fingerprint density at radius 1 is 1.00 bits per heavy atom. The summed E-state index contributed by atoms with van der Waals surface area (Å²) in [6, 6.07) is -0.925. The van der Waals surface area contributed by atoms with Crippen LogP contribution in [0.2, 0.25) is 0 Å². The van der Waals surface area contributed by atoms with Crippen LogP contribution in [0, 0.1) is 0 Å². The molecule has 43 heavy (non-hydrogen) atoms. The lowest BCUT2D eigenvalue weighted by Gasteiger charge is -2.38. The predicted molar refractivity (Wildman–Crippen MR) is 157 cm³/mol. The average Bonchev–Trinajstić information content (AvgIpc) is 3.45. The van der Waals surface area contributed by atoms with E-state index in [1.165, 1.54) is 0 Å². The Hall–Kier alpha value is -1.38. The lowest BCUT2D eigenvalue weighted by molar-refractivity contribution is -0.238. The van der Waals surface area contributed by atoms with Gasteiger partial charge >= 0.3 is 0 Å². The standard InChI is InChI=1S/C15H29FN4O3.C6H14N2O4.C6H11NO/c16-9(7-17)3-14(22)19-11-4-10(18)5-12(6-11)20-15-2-1-13(8-21)23-15;7-1-2-4(9)5(10)3(8)6(11)12-2;7-5-6-3-1-2-4-8-6/h9-13,15,20-21H,1-8,17-18H2,(H,19,22);2-6,9-11H,1,7-8H2;1,3,6H,2,4-5,7H2/t;2-,3+,4+,5?,6-;/m.0./s1. The second-order valence-corrected chi connectivity index (χ2v) is 11.4. The minimum atomic E-state index is -1.30. The van der Waals surface area contributed by atoms with E-state index in [1.807, 2.05) is 6.08 Å². The van der Waals surface area contributed by atoms with Gasteiger partial charge in [0.2, 0.25) is 5.91 Å². The molecule has 4 rings (SSSR count). The van der Waals surface area contributed by atoms with E-state index in [1.54, 1.807) is 0 Å². The van der Waals surface area contributed by atoms with Crippen LogP contribution >= 0.6 is 0 Å². The second kappa shape index (κ2) is 19.9. The summed E-state index contributed by atoms with van der Waals surface area (Å²) in [6.07, 6.45) is 3.25. The number of rotatable bonds is 9. The number of alkyl halides is 1. The van der Waals surface area contributed by atoms with E-state index >= 15 is 0 Å². The van der Waals surface area contributed by atoms with Gasteiger partial charge in [-0.3, -0.25) is 10.1 Å². The molecule has 1 saturated carbocycles. The van der Waals surface area contributed by atoms with E-state index in [4.69, 9.17) is 53.1 Å². The van der Waals surface area contributed by atoms with Crippen LogP contribution in [0.3, 0.4) is 0 Å². The first-order chi connectivity index (χ1) is 20.5. The largest absolute Gasteiger partial charge is 0.394 e. The number of aliphatic hydroxyl groups excluding tert-OH is 4. The van der Waals surface area contributed by atoms with Gasteiger partial charge in [0.1, 0.15) is 30.7 Å². The van der Waals surface area contributed by atoms with Crippen molar-refractivity contribution < 1.29 is 43.8 Å². The van der Waals surface area contributed by atoms with E-state index in [0.29, 0.717) is 13.0 Å². The maximum absolute atomic E-state index is 13.2. The zero-order valence-corrected chi connectivity index (χ0v) is 24.8. The Labute approximate surface area is 252 Å². The van der Waals surface area contributed by atoms with Crippen LogP contribution in [0.1, 0.15) is 44.9 Å². The molecule has 15 nitrogen and oxygen atoms in total. The summed E-state index contributed by atoms with van der Waals surface area (Å²) < 4.78 is 28.9. The molecule has 4 aliphatic rings. The van der Waals surface area contributed by atoms with Crippen molar-refractivity contribution in [1.29, 1.82) is 0 Å². The molecule has 8 unspecified atom stereocenters. The highest BCUT2D eigenvalue weighted by Gasteiger charge is 2.41. The van der Waals surface area contributed by atoms with Crippen LogP contribution in [0.15, 0.2) is 12.2 Å². The maximum atomic E-state index is 13.2. The van der Waals surface area contributed by atoms with Gasteiger partial charge in [-0.15, -0.1) is 0 Å². The van der Waals surface area contributed by atoms with E-state index in [9.17, 15) is 19.4 Å². The van der Waals surface area contributed by atoms with Crippen LogP contribution < -0.4 is 39.3 Å². The fourth-order valence-corrected chi connectivity index (χ4v) is 5.31. The van der Waals surface area contributed by atoms with Crippen LogP contribution in [-0.4, -0.2) is 133 Å². The third kappa shape index (κ3) is 13.2. The molecule has 3 fully saturated rings. The highest BCUT2D eigenvalue weighted by Crippen LogP contribution is 2.23. The Morgan fingerprint density at radius 3 is 2.28 bits per heavy atom. The fraction of sp³-hybridized carbons (Fsp3) is 0.889. The van der Waals surface area contributed by atoms with Gasteiger partial charge in [-0.25, -0.2) is 4.39 Å². The number of carbonyl (C=O) groups is 1. The van der Waals surface area contributed by atoms with Crippen molar-refractivity contribution >= 4 is 5.91 Å². The number of nitrogens with two attached hydrogens (primary N) is 5. The quantitative estimate of drug-likeness (QED) is 0.110. The van der Waals surface area contributed by atoms with Crippen molar-refractivity contribution in [3.05, 3.63) is 12.2 Å². The first-order valence-corrected chi connectivity index (χ1v) is 15.1. The molecule has 0 spiro atoms. The molecule has 0 aromatic rings. The topological polar surface area (TPSA) is 280 Å². The van der Waals surface area contributed by atoms with Crippen molar-refractivity contribution in [3.8, 4) is 0 Å². The van der Waals surface area contributed by atoms with E-state index in [-0.39, 0.29) is 68.6 Å². The van der Waals surface area contributed by atoms with Gasteiger partial charge in [-0.2, -0.15) is 0 Å². The van der Waals surface area contributed by atoms with Gasteiger partial charge < -0.3 is 68.6 Å². The van der Waals surface area contributed by atoms with Gasteiger partial charge in [-0.1, -0.05) is 12.2 Å². The molecule has 3 aliphatic heterocycles. The van der Waals surface area contributed by atoms with Gasteiger partial charge in [-0.05, 0) is 38.5 Å². The molecule has 3 heterocycles. The first kappa shape index (κ1) is 37.8. The molecular formula is C27H54FN7O8. The van der Waals surface area contributed by atoms with Crippen LogP contribution in [0.4, 0.5) is 4.39 Å².